The zero-order valence-electron chi connectivity index (χ0n) is 11.7. The molecule has 1 N–H and O–H groups in total. The lowest BCUT2D eigenvalue weighted by Crippen LogP contribution is -2.29. The third-order valence-electron chi connectivity index (χ3n) is 4.47. The van der Waals surface area contributed by atoms with E-state index in [4.69, 9.17) is 4.98 Å². The highest BCUT2D eigenvalue weighted by molar-refractivity contribution is 5.81. The zero-order chi connectivity index (χ0) is 13.7. The highest BCUT2D eigenvalue weighted by Crippen LogP contribution is 2.34. The van der Waals surface area contributed by atoms with Crippen LogP contribution in [0.1, 0.15) is 36.6 Å². The van der Waals surface area contributed by atoms with Crippen molar-refractivity contribution in [3.63, 3.8) is 0 Å². The van der Waals surface area contributed by atoms with E-state index < -0.39 is 0 Å². The number of carbonyl (C=O) groups is 1. The predicted molar refractivity (Wildman–Crippen MR) is 77.5 cm³/mol. The van der Waals surface area contributed by atoms with E-state index in [9.17, 15) is 4.79 Å². The van der Waals surface area contributed by atoms with Crippen LogP contribution in [0, 0.1) is 12.8 Å². The lowest BCUT2D eigenvalue weighted by Gasteiger charge is -2.15. The summed E-state index contributed by atoms with van der Waals surface area (Å²) in [4.78, 5) is 22.3. The number of fused-ring (bicyclic) bond motifs is 1. The molecule has 4 heteroatoms. The molecule has 104 valence electrons. The van der Waals surface area contributed by atoms with Gasteiger partial charge in [-0.1, -0.05) is 6.07 Å². The first kappa shape index (κ1) is 11.9. The predicted octanol–water partition coefficient (Wildman–Crippen LogP) is 2.60. The van der Waals surface area contributed by atoms with E-state index in [1.54, 1.807) is 0 Å². The summed E-state index contributed by atoms with van der Waals surface area (Å²) in [6, 6.07) is 6.28. The molecular formula is C16H19N3O. The van der Waals surface area contributed by atoms with Gasteiger partial charge in [0.2, 0.25) is 5.91 Å². The Labute approximate surface area is 118 Å². The Morgan fingerprint density at radius 2 is 2.20 bits per heavy atom. The van der Waals surface area contributed by atoms with Gasteiger partial charge in [0.15, 0.2) is 0 Å². The molecule has 1 atom stereocenters. The SMILES string of the molecule is Cc1ccc2nc([C@H]3CCN(C(=O)C4CC4)C3)[nH]c2c1. The van der Waals surface area contributed by atoms with Crippen molar-refractivity contribution in [1.82, 2.24) is 14.9 Å². The topological polar surface area (TPSA) is 49.0 Å². The zero-order valence-corrected chi connectivity index (χ0v) is 11.7. The van der Waals surface area contributed by atoms with Crippen LogP contribution in [-0.2, 0) is 4.79 Å². The van der Waals surface area contributed by atoms with E-state index in [-0.39, 0.29) is 0 Å². The third-order valence-corrected chi connectivity index (χ3v) is 4.47. The van der Waals surface area contributed by atoms with Crippen molar-refractivity contribution in [2.24, 2.45) is 5.92 Å². The van der Waals surface area contributed by atoms with Crippen molar-refractivity contribution in [1.29, 1.82) is 0 Å². The van der Waals surface area contributed by atoms with Crippen molar-refractivity contribution in [3.8, 4) is 0 Å². The van der Waals surface area contributed by atoms with Crippen LogP contribution in [0.4, 0.5) is 0 Å². The standard InChI is InChI=1S/C16H19N3O/c1-10-2-5-13-14(8-10)18-15(17-13)12-6-7-19(9-12)16(20)11-3-4-11/h2,5,8,11-12H,3-4,6-7,9H2,1H3,(H,17,18)/t12-/m0/s1. The van der Waals surface area contributed by atoms with Gasteiger partial charge in [-0.05, 0) is 43.9 Å². The molecule has 4 nitrogen and oxygen atoms in total. The van der Waals surface area contributed by atoms with Gasteiger partial charge < -0.3 is 9.88 Å². The molecule has 1 saturated carbocycles. The minimum Gasteiger partial charge on any atom is -0.342 e. The molecule has 0 spiro atoms. The lowest BCUT2D eigenvalue weighted by atomic mass is 10.1. The highest BCUT2D eigenvalue weighted by Gasteiger charge is 2.37. The fourth-order valence-electron chi connectivity index (χ4n) is 3.11. The molecule has 1 saturated heterocycles. The number of nitrogens with one attached hydrogen (secondary N) is 1. The Hall–Kier alpha value is -1.84. The third kappa shape index (κ3) is 1.99. The second-order valence-electron chi connectivity index (χ2n) is 6.19. The molecule has 2 heterocycles. The Morgan fingerprint density at radius 1 is 1.35 bits per heavy atom. The number of aryl methyl sites for hydroxylation is 1. The molecule has 2 aliphatic rings. The molecule has 0 bridgehead atoms. The molecule has 2 fully saturated rings. The number of hydrogen-bond donors (Lipinski definition) is 1. The van der Waals surface area contributed by atoms with Crippen molar-refractivity contribution in [3.05, 3.63) is 29.6 Å². The van der Waals surface area contributed by atoms with Gasteiger partial charge in [0, 0.05) is 24.9 Å². The van der Waals surface area contributed by atoms with E-state index in [1.807, 2.05) is 4.90 Å². The van der Waals surface area contributed by atoms with Gasteiger partial charge in [0.1, 0.15) is 5.82 Å². The summed E-state index contributed by atoms with van der Waals surface area (Å²) in [6.45, 7) is 3.80. The van der Waals surface area contributed by atoms with Gasteiger partial charge in [0.05, 0.1) is 11.0 Å². The minimum atomic E-state index is 0.326. The van der Waals surface area contributed by atoms with Crippen molar-refractivity contribution >= 4 is 16.9 Å². The molecule has 1 aliphatic carbocycles. The quantitative estimate of drug-likeness (QED) is 0.911. The van der Waals surface area contributed by atoms with Crippen molar-refractivity contribution in [2.75, 3.05) is 13.1 Å². The molecule has 4 rings (SSSR count). The molecule has 1 aliphatic heterocycles. The second-order valence-corrected chi connectivity index (χ2v) is 6.19. The summed E-state index contributed by atoms with van der Waals surface area (Å²) >= 11 is 0. The number of benzene rings is 1. The Bertz CT molecular complexity index is 671. The number of carbonyl (C=O) groups excluding carboxylic acids is 1. The fourth-order valence-corrected chi connectivity index (χ4v) is 3.11. The highest BCUT2D eigenvalue weighted by atomic mass is 16.2. The van der Waals surface area contributed by atoms with Crippen LogP contribution < -0.4 is 0 Å². The molecular weight excluding hydrogens is 250 g/mol. The van der Waals surface area contributed by atoms with Gasteiger partial charge in [-0.3, -0.25) is 4.79 Å². The number of rotatable bonds is 2. The summed E-state index contributed by atoms with van der Waals surface area (Å²) in [5.74, 6) is 2.09. The number of imidazole rings is 1. The van der Waals surface area contributed by atoms with Crippen LogP contribution in [0.3, 0.4) is 0 Å². The number of likely N-dealkylation sites (tertiary alicyclic amines) is 1. The van der Waals surface area contributed by atoms with Gasteiger partial charge in [-0.15, -0.1) is 0 Å². The molecule has 1 amide bonds. The number of hydrogen-bond acceptors (Lipinski definition) is 2. The first-order valence-electron chi connectivity index (χ1n) is 7.46. The first-order chi connectivity index (χ1) is 9.70. The molecule has 0 radical (unpaired) electrons. The lowest BCUT2D eigenvalue weighted by molar-refractivity contribution is -0.131. The number of amides is 1. The monoisotopic (exact) mass is 269 g/mol. The number of nitrogens with zero attached hydrogens (tertiary/aromatic N) is 2. The maximum atomic E-state index is 12.1. The van der Waals surface area contributed by atoms with Crippen LogP contribution in [-0.4, -0.2) is 33.9 Å². The molecule has 1 aromatic carbocycles. The van der Waals surface area contributed by atoms with E-state index >= 15 is 0 Å². The summed E-state index contributed by atoms with van der Waals surface area (Å²) < 4.78 is 0. The Balaban J connectivity index is 1.56. The van der Waals surface area contributed by atoms with E-state index in [0.717, 1.165) is 49.2 Å². The largest absolute Gasteiger partial charge is 0.342 e. The average Bonchev–Trinajstić information content (AvgIpc) is 3.01. The van der Waals surface area contributed by atoms with Crippen LogP contribution in [0.15, 0.2) is 18.2 Å². The van der Waals surface area contributed by atoms with Crippen LogP contribution in [0.5, 0.6) is 0 Å². The summed E-state index contributed by atoms with van der Waals surface area (Å²) in [5.41, 5.74) is 3.37. The van der Waals surface area contributed by atoms with E-state index in [1.165, 1.54) is 5.56 Å². The first-order valence-corrected chi connectivity index (χ1v) is 7.46. The summed E-state index contributed by atoms with van der Waals surface area (Å²) in [5, 5.41) is 0. The van der Waals surface area contributed by atoms with Gasteiger partial charge in [-0.25, -0.2) is 4.98 Å². The second kappa shape index (κ2) is 4.33. The molecule has 0 unspecified atom stereocenters. The number of H-pyrrole nitrogens is 1. The smallest absolute Gasteiger partial charge is 0.225 e. The minimum absolute atomic E-state index is 0.326. The van der Waals surface area contributed by atoms with Crippen LogP contribution >= 0.6 is 0 Å². The van der Waals surface area contributed by atoms with Crippen LogP contribution in [0.2, 0.25) is 0 Å². The molecule has 1 aromatic heterocycles. The Kier molecular flexibility index (Phi) is 2.59. The summed E-state index contributed by atoms with van der Waals surface area (Å²) in [6.07, 6.45) is 3.20. The number of aromatic nitrogens is 2. The van der Waals surface area contributed by atoms with Crippen molar-refractivity contribution < 1.29 is 4.79 Å². The molecule has 2 aromatic rings. The Morgan fingerprint density at radius 3 is 3.00 bits per heavy atom. The normalized spacial score (nSPS) is 22.6. The van der Waals surface area contributed by atoms with Gasteiger partial charge in [0.25, 0.3) is 0 Å². The summed E-state index contributed by atoms with van der Waals surface area (Å²) in [7, 11) is 0. The van der Waals surface area contributed by atoms with Crippen LogP contribution in [0.25, 0.3) is 11.0 Å². The average molecular weight is 269 g/mol. The molecule has 20 heavy (non-hydrogen) atoms. The van der Waals surface area contributed by atoms with Gasteiger partial charge in [-0.2, -0.15) is 0 Å². The van der Waals surface area contributed by atoms with Gasteiger partial charge >= 0.3 is 0 Å². The maximum Gasteiger partial charge on any atom is 0.225 e. The van der Waals surface area contributed by atoms with E-state index in [2.05, 4.69) is 30.1 Å². The number of aromatic amines is 1. The fraction of sp³-hybridized carbons (Fsp3) is 0.500. The van der Waals surface area contributed by atoms with E-state index in [0.29, 0.717) is 17.7 Å². The van der Waals surface area contributed by atoms with Crippen molar-refractivity contribution in [2.45, 2.75) is 32.1 Å². The maximum absolute atomic E-state index is 12.1.